The van der Waals surface area contributed by atoms with E-state index in [1.807, 2.05) is 18.3 Å². The van der Waals surface area contributed by atoms with E-state index in [0.29, 0.717) is 17.2 Å². The van der Waals surface area contributed by atoms with Gasteiger partial charge < -0.3 is 10.7 Å². The molecule has 0 saturated carbocycles. The number of aromatic nitrogens is 4. The highest BCUT2D eigenvalue weighted by Gasteiger charge is 2.21. The van der Waals surface area contributed by atoms with E-state index in [4.69, 9.17) is 5.73 Å². The molecule has 6 heteroatoms. The molecular formula is C22H20N6. The van der Waals surface area contributed by atoms with Crippen LogP contribution in [0.3, 0.4) is 0 Å². The smallest absolute Gasteiger partial charge is 0.161 e. The molecule has 0 radical (unpaired) electrons. The highest BCUT2D eigenvalue weighted by molar-refractivity contribution is 6.05. The Morgan fingerprint density at radius 3 is 2.89 bits per heavy atom. The Morgan fingerprint density at radius 2 is 2.18 bits per heavy atom. The van der Waals surface area contributed by atoms with Crippen LogP contribution in [-0.2, 0) is 6.42 Å². The summed E-state index contributed by atoms with van der Waals surface area (Å²) in [7, 11) is 0. The molecule has 0 bridgehead atoms. The molecule has 0 saturated heterocycles. The number of H-pyrrole nitrogens is 1. The molecule has 0 atom stereocenters. The lowest BCUT2D eigenvalue weighted by molar-refractivity contribution is 0.932. The fraction of sp³-hybridized carbons (Fsp3) is 0.182. The molecule has 3 aromatic rings. The number of rotatable bonds is 4. The van der Waals surface area contributed by atoms with Crippen LogP contribution in [0.1, 0.15) is 31.0 Å². The number of nitrogens with two attached hydrogens (primary N) is 1. The summed E-state index contributed by atoms with van der Waals surface area (Å²) in [4.78, 5) is 7.41. The molecule has 0 aliphatic heterocycles. The second-order valence-electron chi connectivity index (χ2n) is 6.90. The molecule has 28 heavy (non-hydrogen) atoms. The molecule has 6 nitrogen and oxygen atoms in total. The van der Waals surface area contributed by atoms with Crippen molar-refractivity contribution in [3.63, 3.8) is 0 Å². The van der Waals surface area contributed by atoms with Crippen LogP contribution in [0.4, 0.5) is 5.82 Å². The number of anilines is 1. The summed E-state index contributed by atoms with van der Waals surface area (Å²) in [5.41, 5.74) is 13.4. The number of pyridine rings is 1. The lowest BCUT2D eigenvalue weighted by atomic mass is 9.89. The average molecular weight is 368 g/mol. The van der Waals surface area contributed by atoms with Gasteiger partial charge in [0, 0.05) is 34.5 Å². The predicted molar refractivity (Wildman–Crippen MR) is 111 cm³/mol. The molecule has 0 spiro atoms. The van der Waals surface area contributed by atoms with Crippen molar-refractivity contribution in [2.45, 2.75) is 26.2 Å². The second kappa shape index (κ2) is 7.12. The number of nitrogens with one attached hydrogen (secondary N) is 1. The van der Waals surface area contributed by atoms with Crippen molar-refractivity contribution >= 4 is 22.4 Å². The van der Waals surface area contributed by atoms with Crippen LogP contribution in [0.5, 0.6) is 0 Å². The minimum atomic E-state index is 0.133. The normalized spacial score (nSPS) is 13.7. The summed E-state index contributed by atoms with van der Waals surface area (Å²) in [5, 5.41) is 18.7. The first-order chi connectivity index (χ1) is 13.6. The molecule has 0 amide bonds. The molecule has 0 aromatic carbocycles. The van der Waals surface area contributed by atoms with E-state index in [9.17, 15) is 5.26 Å². The summed E-state index contributed by atoms with van der Waals surface area (Å²) in [6, 6.07) is 5.89. The van der Waals surface area contributed by atoms with E-state index in [-0.39, 0.29) is 6.42 Å². The summed E-state index contributed by atoms with van der Waals surface area (Å²) in [5.74, 6) is 0.393. The summed E-state index contributed by atoms with van der Waals surface area (Å²) in [6.45, 7) is 6.48. The van der Waals surface area contributed by atoms with E-state index in [0.717, 1.165) is 40.5 Å². The summed E-state index contributed by atoms with van der Waals surface area (Å²) < 4.78 is 0. The first kappa shape index (κ1) is 17.7. The number of fused-ring (bicyclic) bond motifs is 1. The van der Waals surface area contributed by atoms with Gasteiger partial charge in [-0.05, 0) is 43.0 Å². The van der Waals surface area contributed by atoms with Crippen LogP contribution in [0.15, 0.2) is 54.4 Å². The number of nitrogens with zero attached hydrogens (tertiary/aromatic N) is 4. The third-order valence-corrected chi connectivity index (χ3v) is 5.09. The highest BCUT2D eigenvalue weighted by Crippen LogP contribution is 2.39. The molecule has 1 aliphatic carbocycles. The lowest BCUT2D eigenvalue weighted by Gasteiger charge is -2.16. The monoisotopic (exact) mass is 368 g/mol. The van der Waals surface area contributed by atoms with Gasteiger partial charge in [-0.3, -0.25) is 0 Å². The molecule has 138 valence electrons. The van der Waals surface area contributed by atoms with Crippen molar-refractivity contribution in [1.82, 2.24) is 20.2 Å². The zero-order valence-corrected chi connectivity index (χ0v) is 15.7. The first-order valence-electron chi connectivity index (χ1n) is 9.10. The Morgan fingerprint density at radius 1 is 1.32 bits per heavy atom. The fourth-order valence-corrected chi connectivity index (χ4v) is 3.57. The van der Waals surface area contributed by atoms with Gasteiger partial charge in [-0.2, -0.15) is 10.4 Å². The Bertz CT molecular complexity index is 1190. The van der Waals surface area contributed by atoms with E-state index in [1.165, 1.54) is 11.1 Å². The maximum absolute atomic E-state index is 9.28. The van der Waals surface area contributed by atoms with Gasteiger partial charge in [0.15, 0.2) is 5.65 Å². The molecule has 3 N–H and O–H groups in total. The Kier molecular flexibility index (Phi) is 4.50. The van der Waals surface area contributed by atoms with Gasteiger partial charge in [0.2, 0.25) is 0 Å². The zero-order chi connectivity index (χ0) is 19.7. The Balaban J connectivity index is 1.98. The van der Waals surface area contributed by atoms with Gasteiger partial charge in [0.05, 0.1) is 18.2 Å². The highest BCUT2D eigenvalue weighted by atomic mass is 15.1. The number of hydrogen-bond donors (Lipinski definition) is 2. The molecular weight excluding hydrogens is 348 g/mol. The molecule has 0 fully saturated rings. The number of allylic oxidation sites excluding steroid dienone is 5. The summed E-state index contributed by atoms with van der Waals surface area (Å²) >= 11 is 0. The van der Waals surface area contributed by atoms with Crippen LogP contribution < -0.4 is 5.73 Å². The topological polar surface area (TPSA) is 104 Å². The van der Waals surface area contributed by atoms with Gasteiger partial charge >= 0.3 is 0 Å². The number of aromatic amines is 1. The van der Waals surface area contributed by atoms with Gasteiger partial charge in [-0.1, -0.05) is 24.3 Å². The van der Waals surface area contributed by atoms with Crippen LogP contribution >= 0.6 is 0 Å². The van der Waals surface area contributed by atoms with E-state index < -0.39 is 0 Å². The molecule has 1 aliphatic rings. The predicted octanol–water partition coefficient (Wildman–Crippen LogP) is 4.35. The number of nitriles is 1. The molecule has 3 aromatic heterocycles. The van der Waals surface area contributed by atoms with Crippen molar-refractivity contribution < 1.29 is 0 Å². The number of nitrogen functional groups attached to an aromatic ring is 1. The van der Waals surface area contributed by atoms with Crippen molar-refractivity contribution in [2.24, 2.45) is 0 Å². The third-order valence-electron chi connectivity index (χ3n) is 5.09. The Labute approximate surface area is 163 Å². The number of hydrogen-bond acceptors (Lipinski definition) is 5. The van der Waals surface area contributed by atoms with Gasteiger partial charge in [0.1, 0.15) is 5.82 Å². The maximum Gasteiger partial charge on any atom is 0.161 e. The summed E-state index contributed by atoms with van der Waals surface area (Å²) in [6.07, 6.45) is 9.92. The second-order valence-corrected chi connectivity index (χ2v) is 6.90. The van der Waals surface area contributed by atoms with Crippen LogP contribution in [0.25, 0.3) is 27.7 Å². The minimum absolute atomic E-state index is 0.133. The third kappa shape index (κ3) is 2.97. The SMILES string of the molecule is C=C(C1=CC=C(C)CC1)c1c[nH]c2nnc(CC#N)c(-c3cccnc3N)c12. The van der Waals surface area contributed by atoms with Gasteiger partial charge in [-0.15, -0.1) is 5.10 Å². The van der Waals surface area contributed by atoms with Crippen molar-refractivity contribution in [3.8, 4) is 17.2 Å². The molecule has 4 rings (SSSR count). The minimum Gasteiger partial charge on any atom is -0.383 e. The van der Waals surface area contributed by atoms with Crippen LogP contribution in [-0.4, -0.2) is 20.2 Å². The molecule has 3 heterocycles. The zero-order valence-electron chi connectivity index (χ0n) is 15.7. The van der Waals surface area contributed by atoms with Crippen LogP contribution in [0, 0.1) is 11.3 Å². The molecule has 0 unspecified atom stereocenters. The maximum atomic E-state index is 9.28. The quantitative estimate of drug-likeness (QED) is 0.712. The van der Waals surface area contributed by atoms with E-state index >= 15 is 0 Å². The lowest BCUT2D eigenvalue weighted by Crippen LogP contribution is -2.02. The van der Waals surface area contributed by atoms with Crippen molar-refractivity contribution in [2.75, 3.05) is 5.73 Å². The van der Waals surface area contributed by atoms with E-state index in [1.54, 1.807) is 6.20 Å². The largest absolute Gasteiger partial charge is 0.383 e. The Hall–Kier alpha value is -3.72. The van der Waals surface area contributed by atoms with Crippen molar-refractivity contribution in [3.05, 3.63) is 65.7 Å². The van der Waals surface area contributed by atoms with Crippen LogP contribution in [0.2, 0.25) is 0 Å². The first-order valence-corrected chi connectivity index (χ1v) is 9.10. The standard InChI is InChI=1S/C22H20N6/c1-13-5-7-15(8-6-13)14(2)17-12-26-22-20(17)19(18(9-10-23)27-28-22)16-4-3-11-25-21(16)24/h3-5,7,11-12H,2,6,8-9H2,1H3,(H2,24,25)(H,26,28). The van der Waals surface area contributed by atoms with E-state index in [2.05, 4.69) is 51.9 Å². The fourth-order valence-electron chi connectivity index (χ4n) is 3.57. The average Bonchev–Trinajstić information content (AvgIpc) is 3.13. The van der Waals surface area contributed by atoms with Gasteiger partial charge in [-0.25, -0.2) is 4.98 Å². The van der Waals surface area contributed by atoms with Crippen molar-refractivity contribution in [1.29, 1.82) is 5.26 Å². The van der Waals surface area contributed by atoms with Gasteiger partial charge in [0.25, 0.3) is 0 Å².